The van der Waals surface area contributed by atoms with Gasteiger partial charge in [-0.25, -0.2) is 9.97 Å². The zero-order valence-corrected chi connectivity index (χ0v) is 10.4. The van der Waals surface area contributed by atoms with Gasteiger partial charge >= 0.3 is 0 Å². The third-order valence-electron chi connectivity index (χ3n) is 3.69. The molecule has 1 aliphatic rings. The van der Waals surface area contributed by atoms with Crippen molar-refractivity contribution in [2.45, 2.75) is 32.3 Å². The first-order chi connectivity index (χ1) is 8.78. The van der Waals surface area contributed by atoms with Crippen molar-refractivity contribution in [3.8, 4) is 0 Å². The zero-order valence-electron chi connectivity index (χ0n) is 10.4. The quantitative estimate of drug-likeness (QED) is 0.875. The molecule has 3 heteroatoms. The van der Waals surface area contributed by atoms with Crippen LogP contribution >= 0.6 is 0 Å². The van der Waals surface area contributed by atoms with Crippen molar-refractivity contribution in [2.75, 3.05) is 0 Å². The summed E-state index contributed by atoms with van der Waals surface area (Å²) in [4.78, 5) is 8.94. The molecule has 0 fully saturated rings. The van der Waals surface area contributed by atoms with E-state index in [-0.39, 0.29) is 6.61 Å². The molecule has 3 rings (SSSR count). The highest BCUT2D eigenvalue weighted by molar-refractivity contribution is 5.35. The largest absolute Gasteiger partial charge is 0.392 e. The van der Waals surface area contributed by atoms with Crippen LogP contribution in [0.3, 0.4) is 0 Å². The van der Waals surface area contributed by atoms with E-state index in [0.29, 0.717) is 5.92 Å². The van der Waals surface area contributed by atoms with Crippen LogP contribution in [-0.2, 0) is 19.4 Å². The normalized spacial score (nSPS) is 14.8. The van der Waals surface area contributed by atoms with Crippen LogP contribution in [0.25, 0.3) is 0 Å². The van der Waals surface area contributed by atoms with E-state index in [2.05, 4.69) is 34.2 Å². The van der Waals surface area contributed by atoms with Gasteiger partial charge in [-0.2, -0.15) is 0 Å². The first-order valence-electron chi connectivity index (χ1n) is 6.28. The van der Waals surface area contributed by atoms with Gasteiger partial charge in [-0.05, 0) is 30.9 Å². The van der Waals surface area contributed by atoms with E-state index < -0.39 is 0 Å². The van der Waals surface area contributed by atoms with E-state index in [0.717, 1.165) is 29.9 Å². The number of aryl methyl sites for hydroxylation is 1. The predicted molar refractivity (Wildman–Crippen MR) is 69.3 cm³/mol. The zero-order chi connectivity index (χ0) is 12.5. The first-order valence-corrected chi connectivity index (χ1v) is 6.28. The fourth-order valence-corrected chi connectivity index (χ4v) is 2.60. The molecule has 0 radical (unpaired) electrons. The average molecular weight is 240 g/mol. The van der Waals surface area contributed by atoms with Crippen molar-refractivity contribution in [1.29, 1.82) is 0 Å². The van der Waals surface area contributed by atoms with Crippen LogP contribution in [0.15, 0.2) is 30.5 Å². The Bertz CT molecular complexity index is 555. The summed E-state index contributed by atoms with van der Waals surface area (Å²) in [6.07, 6.45) is 3.79. The second kappa shape index (κ2) is 4.50. The molecule has 0 unspecified atom stereocenters. The number of aliphatic hydroxyl groups excluding tert-OH is 1. The SMILES string of the molecule is Cc1nc(C2Cc3ccccc3C2)ncc1CO. The summed E-state index contributed by atoms with van der Waals surface area (Å²) in [5.41, 5.74) is 4.53. The molecule has 0 spiro atoms. The molecular weight excluding hydrogens is 224 g/mol. The van der Waals surface area contributed by atoms with Gasteiger partial charge in [-0.1, -0.05) is 24.3 Å². The van der Waals surface area contributed by atoms with Gasteiger partial charge in [-0.3, -0.25) is 0 Å². The van der Waals surface area contributed by atoms with Gasteiger partial charge in [0.15, 0.2) is 0 Å². The maximum Gasteiger partial charge on any atom is 0.132 e. The number of hydrogen-bond donors (Lipinski definition) is 1. The van der Waals surface area contributed by atoms with Crippen LogP contribution < -0.4 is 0 Å². The van der Waals surface area contributed by atoms with Gasteiger partial charge < -0.3 is 5.11 Å². The minimum Gasteiger partial charge on any atom is -0.392 e. The highest BCUT2D eigenvalue weighted by atomic mass is 16.3. The van der Waals surface area contributed by atoms with E-state index in [4.69, 9.17) is 5.11 Å². The number of aromatic nitrogens is 2. The molecule has 0 amide bonds. The molecular formula is C15H16N2O. The fourth-order valence-electron chi connectivity index (χ4n) is 2.60. The Morgan fingerprint density at radius 3 is 2.44 bits per heavy atom. The summed E-state index contributed by atoms with van der Waals surface area (Å²) in [5.74, 6) is 1.29. The Labute approximate surface area is 107 Å². The average Bonchev–Trinajstić information content (AvgIpc) is 2.82. The lowest BCUT2D eigenvalue weighted by Crippen LogP contribution is -2.07. The van der Waals surface area contributed by atoms with Crippen LogP contribution in [0, 0.1) is 6.92 Å². The highest BCUT2D eigenvalue weighted by Crippen LogP contribution is 2.32. The molecule has 1 aromatic carbocycles. The van der Waals surface area contributed by atoms with Crippen molar-refractivity contribution in [1.82, 2.24) is 9.97 Å². The lowest BCUT2D eigenvalue weighted by Gasteiger charge is -2.09. The lowest BCUT2D eigenvalue weighted by molar-refractivity contribution is 0.279. The Morgan fingerprint density at radius 1 is 1.22 bits per heavy atom. The second-order valence-corrected chi connectivity index (χ2v) is 4.87. The molecule has 1 heterocycles. The lowest BCUT2D eigenvalue weighted by atomic mass is 10.1. The first kappa shape index (κ1) is 11.4. The van der Waals surface area contributed by atoms with Crippen molar-refractivity contribution in [2.24, 2.45) is 0 Å². The summed E-state index contributed by atoms with van der Waals surface area (Å²) in [5, 5.41) is 9.14. The van der Waals surface area contributed by atoms with E-state index in [1.807, 2.05) is 6.92 Å². The third-order valence-corrected chi connectivity index (χ3v) is 3.69. The van der Waals surface area contributed by atoms with Gasteiger partial charge in [0.05, 0.1) is 6.61 Å². The van der Waals surface area contributed by atoms with Crippen molar-refractivity contribution in [3.63, 3.8) is 0 Å². The minimum absolute atomic E-state index is 0.0109. The van der Waals surface area contributed by atoms with Crippen LogP contribution in [-0.4, -0.2) is 15.1 Å². The number of benzene rings is 1. The van der Waals surface area contributed by atoms with Crippen molar-refractivity contribution >= 4 is 0 Å². The minimum atomic E-state index is 0.0109. The van der Waals surface area contributed by atoms with Crippen molar-refractivity contribution < 1.29 is 5.11 Å². The summed E-state index contributed by atoms with van der Waals surface area (Å²) in [7, 11) is 0. The van der Waals surface area contributed by atoms with Crippen molar-refractivity contribution in [3.05, 3.63) is 58.7 Å². The van der Waals surface area contributed by atoms with E-state index in [1.165, 1.54) is 11.1 Å². The van der Waals surface area contributed by atoms with Gasteiger partial charge in [0.2, 0.25) is 0 Å². The molecule has 92 valence electrons. The standard InChI is InChI=1S/C15H16N2O/c1-10-14(9-18)8-16-15(17-10)13-6-11-4-2-3-5-12(11)7-13/h2-5,8,13,18H,6-7,9H2,1H3. The number of aliphatic hydroxyl groups is 1. The van der Waals surface area contributed by atoms with E-state index in [1.54, 1.807) is 6.20 Å². The molecule has 3 nitrogen and oxygen atoms in total. The number of rotatable bonds is 2. The maximum absolute atomic E-state index is 9.14. The molecule has 1 aliphatic carbocycles. The molecule has 0 bridgehead atoms. The van der Waals surface area contributed by atoms with Crippen LogP contribution in [0.4, 0.5) is 0 Å². The topological polar surface area (TPSA) is 46.0 Å². The Balaban J connectivity index is 1.88. The molecule has 0 saturated carbocycles. The summed E-state index contributed by atoms with van der Waals surface area (Å²) in [6, 6.07) is 8.54. The molecule has 1 aromatic heterocycles. The number of fused-ring (bicyclic) bond motifs is 1. The molecule has 0 aliphatic heterocycles. The van der Waals surface area contributed by atoms with Gasteiger partial charge in [0, 0.05) is 23.4 Å². The van der Waals surface area contributed by atoms with Crippen LogP contribution in [0.2, 0.25) is 0 Å². The van der Waals surface area contributed by atoms with Gasteiger partial charge in [0.25, 0.3) is 0 Å². The Kier molecular flexibility index (Phi) is 2.84. The van der Waals surface area contributed by atoms with E-state index in [9.17, 15) is 0 Å². The monoisotopic (exact) mass is 240 g/mol. The second-order valence-electron chi connectivity index (χ2n) is 4.87. The number of nitrogens with zero attached hydrogens (tertiary/aromatic N) is 2. The number of hydrogen-bond acceptors (Lipinski definition) is 3. The highest BCUT2D eigenvalue weighted by Gasteiger charge is 2.24. The Morgan fingerprint density at radius 2 is 1.89 bits per heavy atom. The fraction of sp³-hybridized carbons (Fsp3) is 0.333. The van der Waals surface area contributed by atoms with Crippen LogP contribution in [0.5, 0.6) is 0 Å². The molecule has 2 aromatic rings. The Hall–Kier alpha value is -1.74. The smallest absolute Gasteiger partial charge is 0.132 e. The maximum atomic E-state index is 9.14. The van der Waals surface area contributed by atoms with Gasteiger partial charge in [0.1, 0.15) is 5.82 Å². The summed E-state index contributed by atoms with van der Waals surface area (Å²) in [6.45, 7) is 1.94. The van der Waals surface area contributed by atoms with Crippen LogP contribution in [0.1, 0.15) is 34.1 Å². The summed E-state index contributed by atoms with van der Waals surface area (Å²) < 4.78 is 0. The predicted octanol–water partition coefficient (Wildman–Crippen LogP) is 2.16. The van der Waals surface area contributed by atoms with E-state index >= 15 is 0 Å². The van der Waals surface area contributed by atoms with Gasteiger partial charge in [-0.15, -0.1) is 0 Å². The molecule has 0 atom stereocenters. The third kappa shape index (κ3) is 1.91. The summed E-state index contributed by atoms with van der Waals surface area (Å²) >= 11 is 0. The molecule has 0 saturated heterocycles. The molecule has 1 N–H and O–H groups in total. The molecule has 18 heavy (non-hydrogen) atoms.